The van der Waals surface area contributed by atoms with E-state index < -0.39 is 0 Å². The Morgan fingerprint density at radius 3 is 2.62 bits per heavy atom. The fourth-order valence-electron chi connectivity index (χ4n) is 4.52. The van der Waals surface area contributed by atoms with E-state index in [4.69, 9.17) is 21.1 Å². The monoisotopic (exact) mass is 503 g/mol. The normalized spacial score (nSPS) is 19.0. The lowest BCUT2D eigenvalue weighted by Gasteiger charge is -2.34. The quantitative estimate of drug-likeness (QED) is 0.337. The molecule has 0 aliphatic carbocycles. The summed E-state index contributed by atoms with van der Waals surface area (Å²) in [5, 5.41) is 0.992. The van der Waals surface area contributed by atoms with Crippen LogP contribution in [0.15, 0.2) is 29.4 Å². The molecule has 5 rings (SSSR count). The summed E-state index contributed by atoms with van der Waals surface area (Å²) in [6, 6.07) is 7.90. The maximum Gasteiger partial charge on any atom is 0.233 e. The number of amides is 1. The number of piperazine rings is 1. The first-order valence-electron chi connectivity index (χ1n) is 11.8. The molecule has 1 aromatic heterocycles. The Morgan fingerprint density at radius 2 is 1.82 bits per heavy atom. The van der Waals surface area contributed by atoms with E-state index in [1.807, 2.05) is 23.1 Å². The first-order valence-corrected chi connectivity index (χ1v) is 13.2. The second-order valence-corrected chi connectivity index (χ2v) is 10.5. The molecule has 182 valence electrons. The summed E-state index contributed by atoms with van der Waals surface area (Å²) >= 11 is 7.63. The standard InChI is InChI=1S/C24H30ClN5O3S/c1-17-4-6-29(7-5-17)22-13-21(25)26-24(27-22)34-15-23(31)30-10-8-28(9-11-30)14-18-2-3-19-20(12-18)33-16-32-19/h2-3,12-13,17H,4-11,14-16H2,1H3. The number of hydrogen-bond donors (Lipinski definition) is 0. The number of rotatable bonds is 6. The van der Waals surface area contributed by atoms with Crippen LogP contribution in [-0.2, 0) is 11.3 Å². The Balaban J connectivity index is 1.10. The van der Waals surface area contributed by atoms with Gasteiger partial charge in [-0.3, -0.25) is 9.69 Å². The molecule has 2 fully saturated rings. The molecule has 0 N–H and O–H groups in total. The number of thioether (sulfide) groups is 1. The third-order valence-corrected chi connectivity index (χ3v) is 7.69. The highest BCUT2D eigenvalue weighted by atomic mass is 35.5. The lowest BCUT2D eigenvalue weighted by molar-refractivity contribution is -0.130. The predicted octanol–water partition coefficient (Wildman–Crippen LogP) is 3.53. The van der Waals surface area contributed by atoms with E-state index in [1.165, 1.54) is 17.3 Å². The fraction of sp³-hybridized carbons (Fsp3) is 0.542. The predicted molar refractivity (Wildman–Crippen MR) is 133 cm³/mol. The van der Waals surface area contributed by atoms with Gasteiger partial charge in [-0.2, -0.15) is 0 Å². The smallest absolute Gasteiger partial charge is 0.233 e. The SMILES string of the molecule is CC1CCN(c2cc(Cl)nc(SCC(=O)N3CCN(Cc4ccc5c(c4)OCO5)CC3)n2)CC1. The molecule has 10 heteroatoms. The van der Waals surface area contributed by atoms with Crippen molar-refractivity contribution in [3.8, 4) is 11.5 Å². The molecule has 3 aliphatic rings. The number of anilines is 1. The Morgan fingerprint density at radius 1 is 1.06 bits per heavy atom. The lowest BCUT2D eigenvalue weighted by atomic mass is 9.99. The third kappa shape index (κ3) is 5.70. The molecular formula is C24H30ClN5O3S. The molecule has 0 atom stereocenters. The molecule has 4 heterocycles. The fourth-order valence-corrected chi connectivity index (χ4v) is 5.50. The Labute approximate surface area is 209 Å². The minimum Gasteiger partial charge on any atom is -0.454 e. The van der Waals surface area contributed by atoms with Crippen molar-refractivity contribution in [2.75, 3.05) is 56.7 Å². The van der Waals surface area contributed by atoms with Crippen molar-refractivity contribution in [3.63, 3.8) is 0 Å². The summed E-state index contributed by atoms with van der Waals surface area (Å²) in [5.41, 5.74) is 1.19. The highest BCUT2D eigenvalue weighted by molar-refractivity contribution is 7.99. The van der Waals surface area contributed by atoms with Crippen LogP contribution in [0.1, 0.15) is 25.3 Å². The van der Waals surface area contributed by atoms with Gasteiger partial charge in [0, 0.05) is 51.9 Å². The summed E-state index contributed by atoms with van der Waals surface area (Å²) in [6.07, 6.45) is 2.31. The first-order chi connectivity index (χ1) is 16.5. The van der Waals surface area contributed by atoms with Gasteiger partial charge in [0.1, 0.15) is 11.0 Å². The number of nitrogens with zero attached hydrogens (tertiary/aromatic N) is 5. The second-order valence-electron chi connectivity index (χ2n) is 9.13. The Bertz CT molecular complexity index is 1030. The summed E-state index contributed by atoms with van der Waals surface area (Å²) in [6.45, 7) is 8.50. The molecule has 0 unspecified atom stereocenters. The van der Waals surface area contributed by atoms with Crippen molar-refractivity contribution in [1.29, 1.82) is 0 Å². The van der Waals surface area contributed by atoms with Crippen LogP contribution in [0.25, 0.3) is 0 Å². The number of aromatic nitrogens is 2. The van der Waals surface area contributed by atoms with E-state index in [1.54, 1.807) is 0 Å². The number of benzene rings is 1. The molecule has 0 bridgehead atoms. The third-order valence-electron chi connectivity index (χ3n) is 6.66. The molecular weight excluding hydrogens is 474 g/mol. The van der Waals surface area contributed by atoms with Crippen LogP contribution < -0.4 is 14.4 Å². The van der Waals surface area contributed by atoms with E-state index >= 15 is 0 Å². The average Bonchev–Trinajstić information content (AvgIpc) is 3.31. The van der Waals surface area contributed by atoms with Gasteiger partial charge in [-0.05, 0) is 36.5 Å². The van der Waals surface area contributed by atoms with Gasteiger partial charge in [0.2, 0.25) is 12.7 Å². The summed E-state index contributed by atoms with van der Waals surface area (Å²) in [4.78, 5) is 28.4. The maximum atomic E-state index is 12.8. The zero-order chi connectivity index (χ0) is 23.5. The molecule has 8 nitrogen and oxygen atoms in total. The number of carbonyl (C=O) groups excluding carboxylic acids is 1. The van der Waals surface area contributed by atoms with Crippen molar-refractivity contribution in [2.45, 2.75) is 31.5 Å². The van der Waals surface area contributed by atoms with Gasteiger partial charge in [-0.1, -0.05) is 36.4 Å². The van der Waals surface area contributed by atoms with Gasteiger partial charge in [0.25, 0.3) is 0 Å². The van der Waals surface area contributed by atoms with Gasteiger partial charge in [0.05, 0.1) is 5.75 Å². The highest BCUT2D eigenvalue weighted by Gasteiger charge is 2.23. The van der Waals surface area contributed by atoms with Gasteiger partial charge in [0.15, 0.2) is 16.7 Å². The van der Waals surface area contributed by atoms with Crippen molar-refractivity contribution in [1.82, 2.24) is 19.8 Å². The van der Waals surface area contributed by atoms with E-state index in [0.717, 1.165) is 81.9 Å². The molecule has 0 spiro atoms. The lowest BCUT2D eigenvalue weighted by Crippen LogP contribution is -2.48. The number of halogens is 1. The average molecular weight is 504 g/mol. The Kier molecular flexibility index (Phi) is 7.32. The molecule has 1 aromatic carbocycles. The number of carbonyl (C=O) groups is 1. The summed E-state index contributed by atoms with van der Waals surface area (Å²) in [7, 11) is 0. The largest absolute Gasteiger partial charge is 0.454 e. The van der Waals surface area contributed by atoms with Gasteiger partial charge < -0.3 is 19.3 Å². The molecule has 2 saturated heterocycles. The Hall–Kier alpha value is -2.23. The molecule has 0 saturated carbocycles. The van der Waals surface area contributed by atoms with E-state index in [9.17, 15) is 4.79 Å². The van der Waals surface area contributed by atoms with Crippen molar-refractivity contribution in [3.05, 3.63) is 35.0 Å². The topological polar surface area (TPSA) is 71.0 Å². The van der Waals surface area contributed by atoms with Crippen LogP contribution in [-0.4, -0.2) is 77.5 Å². The minimum atomic E-state index is 0.115. The molecule has 3 aliphatic heterocycles. The van der Waals surface area contributed by atoms with Crippen molar-refractivity contribution >= 4 is 35.1 Å². The molecule has 2 aromatic rings. The zero-order valence-corrected chi connectivity index (χ0v) is 21.0. The van der Waals surface area contributed by atoms with Gasteiger partial charge in [-0.25, -0.2) is 9.97 Å². The minimum absolute atomic E-state index is 0.115. The van der Waals surface area contributed by atoms with Crippen LogP contribution in [0.5, 0.6) is 11.5 Å². The number of hydrogen-bond acceptors (Lipinski definition) is 8. The number of piperidine rings is 1. The van der Waals surface area contributed by atoms with Crippen LogP contribution in [0, 0.1) is 5.92 Å². The van der Waals surface area contributed by atoms with Gasteiger partial charge in [-0.15, -0.1) is 0 Å². The van der Waals surface area contributed by atoms with E-state index in [-0.39, 0.29) is 12.7 Å². The first kappa shape index (κ1) is 23.5. The van der Waals surface area contributed by atoms with E-state index in [0.29, 0.717) is 16.1 Å². The van der Waals surface area contributed by atoms with Crippen LogP contribution in [0.3, 0.4) is 0 Å². The van der Waals surface area contributed by atoms with Crippen LogP contribution >= 0.6 is 23.4 Å². The number of ether oxygens (including phenoxy) is 2. The van der Waals surface area contributed by atoms with Gasteiger partial charge >= 0.3 is 0 Å². The molecule has 1 amide bonds. The second kappa shape index (κ2) is 10.6. The maximum absolute atomic E-state index is 12.8. The molecule has 34 heavy (non-hydrogen) atoms. The summed E-state index contributed by atoms with van der Waals surface area (Å²) < 4.78 is 10.9. The van der Waals surface area contributed by atoms with Crippen molar-refractivity contribution < 1.29 is 14.3 Å². The van der Waals surface area contributed by atoms with E-state index in [2.05, 4.69) is 32.8 Å². The number of fused-ring (bicyclic) bond motifs is 1. The van der Waals surface area contributed by atoms with Crippen LogP contribution in [0.4, 0.5) is 5.82 Å². The molecule has 0 radical (unpaired) electrons. The zero-order valence-electron chi connectivity index (χ0n) is 19.4. The van der Waals surface area contributed by atoms with Crippen LogP contribution in [0.2, 0.25) is 5.15 Å². The van der Waals surface area contributed by atoms with Crippen molar-refractivity contribution in [2.24, 2.45) is 5.92 Å². The summed E-state index contributed by atoms with van der Waals surface area (Å²) in [5.74, 6) is 3.66. The highest BCUT2D eigenvalue weighted by Crippen LogP contribution is 2.33.